The SMILES string of the molecule is NC(=O)c1ccc2c(c1)nc(-c1cccc([N+](=O)[O-])c1)n2C1CCCC1. The molecule has 0 aliphatic heterocycles. The molecule has 1 amide bonds. The Balaban J connectivity index is 1.94. The van der Waals surface area contributed by atoms with E-state index in [9.17, 15) is 14.9 Å². The van der Waals surface area contributed by atoms with Gasteiger partial charge >= 0.3 is 0 Å². The van der Waals surface area contributed by atoms with Crippen LogP contribution in [0.15, 0.2) is 42.5 Å². The molecule has 0 saturated heterocycles. The van der Waals surface area contributed by atoms with Crippen LogP contribution in [0, 0.1) is 10.1 Å². The number of imidazole rings is 1. The zero-order chi connectivity index (χ0) is 18.3. The lowest BCUT2D eigenvalue weighted by molar-refractivity contribution is -0.384. The molecule has 7 heteroatoms. The van der Waals surface area contributed by atoms with E-state index in [-0.39, 0.29) is 5.69 Å². The van der Waals surface area contributed by atoms with E-state index in [0.717, 1.165) is 31.2 Å². The lowest BCUT2D eigenvalue weighted by Crippen LogP contribution is -2.10. The van der Waals surface area contributed by atoms with E-state index in [1.165, 1.54) is 6.07 Å². The van der Waals surface area contributed by atoms with Gasteiger partial charge in [0, 0.05) is 29.3 Å². The molecule has 2 aromatic carbocycles. The van der Waals surface area contributed by atoms with Gasteiger partial charge in [-0.2, -0.15) is 0 Å². The molecule has 1 fully saturated rings. The molecule has 26 heavy (non-hydrogen) atoms. The summed E-state index contributed by atoms with van der Waals surface area (Å²) in [6.45, 7) is 0. The number of hydrogen-bond donors (Lipinski definition) is 1. The smallest absolute Gasteiger partial charge is 0.270 e. The molecular weight excluding hydrogens is 332 g/mol. The molecule has 1 heterocycles. The predicted octanol–water partition coefficient (Wildman–Crippen LogP) is 3.83. The van der Waals surface area contributed by atoms with Gasteiger partial charge in [0.15, 0.2) is 0 Å². The summed E-state index contributed by atoms with van der Waals surface area (Å²) in [5, 5.41) is 11.1. The van der Waals surface area contributed by atoms with E-state index in [1.54, 1.807) is 24.3 Å². The Morgan fingerprint density at radius 1 is 1.19 bits per heavy atom. The van der Waals surface area contributed by atoms with Crippen molar-refractivity contribution in [3.63, 3.8) is 0 Å². The third-order valence-electron chi connectivity index (χ3n) is 4.98. The highest BCUT2D eigenvalue weighted by atomic mass is 16.6. The fourth-order valence-corrected chi connectivity index (χ4v) is 3.75. The number of nitrogens with zero attached hydrogens (tertiary/aromatic N) is 3. The van der Waals surface area contributed by atoms with Gasteiger partial charge in [-0.3, -0.25) is 14.9 Å². The Morgan fingerprint density at radius 2 is 1.96 bits per heavy atom. The standard InChI is InChI=1S/C19H18N4O3/c20-18(24)12-8-9-17-16(11-12)21-19(22(17)14-5-1-2-6-14)13-4-3-7-15(10-13)23(25)26/h3-4,7-11,14H,1-2,5-6H2,(H2,20,24). The van der Waals surface area contributed by atoms with Crippen molar-refractivity contribution in [1.82, 2.24) is 9.55 Å². The number of non-ortho nitro benzene ring substituents is 1. The fraction of sp³-hybridized carbons (Fsp3) is 0.263. The molecule has 1 aromatic heterocycles. The molecule has 0 atom stereocenters. The molecule has 0 radical (unpaired) electrons. The Kier molecular flexibility index (Phi) is 3.91. The van der Waals surface area contributed by atoms with Gasteiger partial charge in [0.25, 0.3) is 5.69 Å². The van der Waals surface area contributed by atoms with Crippen LogP contribution >= 0.6 is 0 Å². The number of amides is 1. The first kappa shape index (κ1) is 16.3. The number of hydrogen-bond acceptors (Lipinski definition) is 4. The third kappa shape index (κ3) is 2.71. The van der Waals surface area contributed by atoms with Crippen molar-refractivity contribution in [2.24, 2.45) is 5.73 Å². The molecule has 3 aromatic rings. The topological polar surface area (TPSA) is 104 Å². The molecule has 4 rings (SSSR count). The molecule has 0 unspecified atom stereocenters. The maximum atomic E-state index is 11.5. The van der Waals surface area contributed by atoms with Gasteiger partial charge in [-0.05, 0) is 31.0 Å². The minimum Gasteiger partial charge on any atom is -0.366 e. The number of rotatable bonds is 4. The van der Waals surface area contributed by atoms with Gasteiger partial charge in [0.05, 0.1) is 16.0 Å². The lowest BCUT2D eigenvalue weighted by atomic mass is 10.1. The van der Waals surface area contributed by atoms with Crippen LogP contribution in [0.5, 0.6) is 0 Å². The highest BCUT2D eigenvalue weighted by molar-refractivity contribution is 5.96. The van der Waals surface area contributed by atoms with Crippen molar-refractivity contribution < 1.29 is 9.72 Å². The number of nitrogens with two attached hydrogens (primary N) is 1. The van der Waals surface area contributed by atoms with Crippen molar-refractivity contribution in [3.8, 4) is 11.4 Å². The number of carbonyl (C=O) groups excluding carboxylic acids is 1. The maximum absolute atomic E-state index is 11.5. The Hall–Kier alpha value is -3.22. The zero-order valence-electron chi connectivity index (χ0n) is 14.1. The Labute approximate surface area is 149 Å². The van der Waals surface area contributed by atoms with Crippen LogP contribution in [-0.4, -0.2) is 20.4 Å². The van der Waals surface area contributed by atoms with Crippen molar-refractivity contribution in [1.29, 1.82) is 0 Å². The number of aromatic nitrogens is 2. The Morgan fingerprint density at radius 3 is 2.65 bits per heavy atom. The number of nitro benzene ring substituents is 1. The van der Waals surface area contributed by atoms with Crippen molar-refractivity contribution in [3.05, 3.63) is 58.1 Å². The van der Waals surface area contributed by atoms with Crippen LogP contribution < -0.4 is 5.73 Å². The summed E-state index contributed by atoms with van der Waals surface area (Å²) in [5.41, 5.74) is 8.11. The first-order valence-corrected chi connectivity index (χ1v) is 8.61. The molecular formula is C19H18N4O3. The van der Waals surface area contributed by atoms with E-state index in [0.29, 0.717) is 28.5 Å². The van der Waals surface area contributed by atoms with Crippen LogP contribution in [0.25, 0.3) is 22.4 Å². The van der Waals surface area contributed by atoms with Crippen LogP contribution in [0.3, 0.4) is 0 Å². The first-order chi connectivity index (χ1) is 12.5. The monoisotopic (exact) mass is 350 g/mol. The number of fused-ring (bicyclic) bond motifs is 1. The summed E-state index contributed by atoms with van der Waals surface area (Å²) >= 11 is 0. The van der Waals surface area contributed by atoms with Crippen LogP contribution in [0.2, 0.25) is 0 Å². The summed E-state index contributed by atoms with van der Waals surface area (Å²) in [5.74, 6) is 0.191. The molecule has 1 aliphatic rings. The molecule has 132 valence electrons. The maximum Gasteiger partial charge on any atom is 0.270 e. The van der Waals surface area contributed by atoms with Gasteiger partial charge in [-0.15, -0.1) is 0 Å². The summed E-state index contributed by atoms with van der Waals surface area (Å²) in [6.07, 6.45) is 4.39. The minimum absolute atomic E-state index is 0.0327. The third-order valence-corrected chi connectivity index (χ3v) is 4.98. The van der Waals surface area contributed by atoms with E-state index in [4.69, 9.17) is 10.7 Å². The lowest BCUT2D eigenvalue weighted by Gasteiger charge is -2.16. The van der Waals surface area contributed by atoms with Gasteiger partial charge in [0.1, 0.15) is 5.82 Å². The molecule has 2 N–H and O–H groups in total. The number of primary amides is 1. The second-order valence-corrected chi connectivity index (χ2v) is 6.62. The highest BCUT2D eigenvalue weighted by Gasteiger charge is 2.24. The average molecular weight is 350 g/mol. The van der Waals surface area contributed by atoms with Gasteiger partial charge in [0.2, 0.25) is 5.91 Å². The second-order valence-electron chi connectivity index (χ2n) is 6.62. The first-order valence-electron chi connectivity index (χ1n) is 8.61. The number of carbonyl (C=O) groups is 1. The van der Waals surface area contributed by atoms with E-state index >= 15 is 0 Å². The summed E-state index contributed by atoms with van der Waals surface area (Å²) in [6, 6.07) is 12.1. The molecule has 0 spiro atoms. The average Bonchev–Trinajstić information content (AvgIpc) is 3.28. The normalized spacial score (nSPS) is 14.8. The molecule has 7 nitrogen and oxygen atoms in total. The largest absolute Gasteiger partial charge is 0.366 e. The van der Waals surface area contributed by atoms with Gasteiger partial charge < -0.3 is 10.3 Å². The zero-order valence-corrected chi connectivity index (χ0v) is 14.1. The predicted molar refractivity (Wildman–Crippen MR) is 97.8 cm³/mol. The van der Waals surface area contributed by atoms with Crippen LogP contribution in [0.1, 0.15) is 42.1 Å². The highest BCUT2D eigenvalue weighted by Crippen LogP contribution is 2.37. The Bertz CT molecular complexity index is 1020. The van der Waals surface area contributed by atoms with Crippen LogP contribution in [-0.2, 0) is 0 Å². The quantitative estimate of drug-likeness (QED) is 0.570. The van der Waals surface area contributed by atoms with E-state index in [2.05, 4.69) is 4.57 Å². The summed E-state index contributed by atoms with van der Waals surface area (Å²) in [4.78, 5) is 26.9. The number of nitro groups is 1. The second kappa shape index (κ2) is 6.25. The number of benzene rings is 2. The molecule has 1 aliphatic carbocycles. The minimum atomic E-state index is -0.501. The van der Waals surface area contributed by atoms with Crippen molar-refractivity contribution >= 4 is 22.6 Å². The van der Waals surface area contributed by atoms with Gasteiger partial charge in [-0.1, -0.05) is 25.0 Å². The fourth-order valence-electron chi connectivity index (χ4n) is 3.75. The molecule has 0 bridgehead atoms. The van der Waals surface area contributed by atoms with Gasteiger partial charge in [-0.25, -0.2) is 4.98 Å². The summed E-state index contributed by atoms with van der Waals surface area (Å²) < 4.78 is 2.16. The van der Waals surface area contributed by atoms with Crippen molar-refractivity contribution in [2.75, 3.05) is 0 Å². The molecule has 1 saturated carbocycles. The van der Waals surface area contributed by atoms with Crippen molar-refractivity contribution in [2.45, 2.75) is 31.7 Å². The van der Waals surface area contributed by atoms with Crippen LogP contribution in [0.4, 0.5) is 5.69 Å². The van der Waals surface area contributed by atoms with E-state index < -0.39 is 10.8 Å². The summed E-state index contributed by atoms with van der Waals surface area (Å²) in [7, 11) is 0. The van der Waals surface area contributed by atoms with E-state index in [1.807, 2.05) is 12.1 Å².